The predicted molar refractivity (Wildman–Crippen MR) is 82.1 cm³/mol. The molecule has 0 aliphatic rings. The van der Waals surface area contributed by atoms with Crippen LogP contribution in [0.5, 0.6) is 0 Å². The van der Waals surface area contributed by atoms with Crippen molar-refractivity contribution in [3.05, 3.63) is 69.7 Å². The smallest absolute Gasteiger partial charge is 0.0870 e. The molecule has 0 aliphatic heterocycles. The highest BCUT2D eigenvalue weighted by molar-refractivity contribution is 9.10. The van der Waals surface area contributed by atoms with Crippen molar-refractivity contribution in [2.24, 2.45) is 5.73 Å². The van der Waals surface area contributed by atoms with Crippen molar-refractivity contribution >= 4 is 15.9 Å². The Morgan fingerprint density at radius 2 is 1.79 bits per heavy atom. The number of aryl methyl sites for hydroxylation is 1. The van der Waals surface area contributed by atoms with E-state index in [-0.39, 0.29) is 5.92 Å². The molecule has 0 heterocycles. The lowest BCUT2D eigenvalue weighted by atomic mass is 9.89. The van der Waals surface area contributed by atoms with Crippen LogP contribution >= 0.6 is 15.9 Å². The lowest BCUT2D eigenvalue weighted by Gasteiger charge is -2.22. The van der Waals surface area contributed by atoms with E-state index in [0.29, 0.717) is 6.54 Å². The molecular formula is C16H18BrNO. The molecule has 0 spiro atoms. The van der Waals surface area contributed by atoms with Gasteiger partial charge in [-0.3, -0.25) is 0 Å². The first-order valence-corrected chi connectivity index (χ1v) is 7.12. The van der Waals surface area contributed by atoms with Gasteiger partial charge >= 0.3 is 0 Å². The van der Waals surface area contributed by atoms with Gasteiger partial charge in [0.15, 0.2) is 0 Å². The van der Waals surface area contributed by atoms with Crippen molar-refractivity contribution in [2.75, 3.05) is 6.54 Å². The molecule has 19 heavy (non-hydrogen) atoms. The minimum atomic E-state index is -0.584. The summed E-state index contributed by atoms with van der Waals surface area (Å²) >= 11 is 3.47. The van der Waals surface area contributed by atoms with Gasteiger partial charge in [0.1, 0.15) is 0 Å². The normalized spacial score (nSPS) is 14.1. The summed E-state index contributed by atoms with van der Waals surface area (Å²) < 4.78 is 1.05. The second-order valence-corrected chi connectivity index (χ2v) is 5.56. The van der Waals surface area contributed by atoms with Crippen LogP contribution in [-0.2, 0) is 0 Å². The van der Waals surface area contributed by atoms with E-state index in [2.05, 4.69) is 15.9 Å². The first kappa shape index (κ1) is 14.3. The third-order valence-corrected chi connectivity index (χ3v) is 4.28. The third-order valence-electron chi connectivity index (χ3n) is 3.39. The van der Waals surface area contributed by atoms with Gasteiger partial charge in [-0.05, 0) is 29.7 Å². The van der Waals surface area contributed by atoms with Crippen LogP contribution < -0.4 is 5.73 Å². The Morgan fingerprint density at radius 1 is 1.11 bits per heavy atom. The molecule has 0 saturated carbocycles. The molecule has 2 nitrogen and oxygen atoms in total. The number of rotatable bonds is 4. The lowest BCUT2D eigenvalue weighted by Crippen LogP contribution is -2.20. The van der Waals surface area contributed by atoms with Crippen molar-refractivity contribution in [3.63, 3.8) is 0 Å². The van der Waals surface area contributed by atoms with Crippen molar-refractivity contribution in [2.45, 2.75) is 18.9 Å². The van der Waals surface area contributed by atoms with Crippen molar-refractivity contribution in [1.82, 2.24) is 0 Å². The van der Waals surface area contributed by atoms with E-state index in [1.54, 1.807) is 0 Å². The van der Waals surface area contributed by atoms with E-state index in [4.69, 9.17) is 5.73 Å². The highest BCUT2D eigenvalue weighted by Crippen LogP contribution is 2.31. The fraction of sp³-hybridized carbons (Fsp3) is 0.250. The van der Waals surface area contributed by atoms with E-state index in [0.717, 1.165) is 21.2 Å². The molecule has 0 amide bonds. The van der Waals surface area contributed by atoms with E-state index >= 15 is 0 Å². The Hall–Kier alpha value is -1.16. The van der Waals surface area contributed by atoms with Crippen LogP contribution in [0.1, 0.15) is 28.7 Å². The van der Waals surface area contributed by atoms with Gasteiger partial charge in [-0.15, -0.1) is 0 Å². The summed E-state index contributed by atoms with van der Waals surface area (Å²) in [5.41, 5.74) is 8.92. The highest BCUT2D eigenvalue weighted by Gasteiger charge is 2.21. The maximum Gasteiger partial charge on any atom is 0.0870 e. The standard InChI is InChI=1S/C16H18BrNO/c1-11-9-13(7-8-15(11)17)16(19)14(10-18)12-5-3-2-4-6-12/h2-9,14,16,19H,10,18H2,1H3. The van der Waals surface area contributed by atoms with Crippen LogP contribution in [0, 0.1) is 6.92 Å². The van der Waals surface area contributed by atoms with Gasteiger partial charge in [0.05, 0.1) is 6.10 Å². The fourth-order valence-electron chi connectivity index (χ4n) is 2.23. The Balaban J connectivity index is 2.30. The Labute approximate surface area is 122 Å². The van der Waals surface area contributed by atoms with Crippen LogP contribution in [0.4, 0.5) is 0 Å². The van der Waals surface area contributed by atoms with Gasteiger partial charge in [0.25, 0.3) is 0 Å². The number of nitrogens with two attached hydrogens (primary N) is 1. The molecule has 0 fully saturated rings. The molecule has 0 radical (unpaired) electrons. The zero-order valence-electron chi connectivity index (χ0n) is 10.9. The Kier molecular flexibility index (Phi) is 4.75. The number of hydrogen-bond acceptors (Lipinski definition) is 2. The topological polar surface area (TPSA) is 46.2 Å². The van der Waals surface area contributed by atoms with Crippen molar-refractivity contribution < 1.29 is 5.11 Å². The number of halogens is 1. The summed E-state index contributed by atoms with van der Waals surface area (Å²) in [4.78, 5) is 0. The molecule has 0 bridgehead atoms. The van der Waals surface area contributed by atoms with Gasteiger partial charge in [-0.1, -0.05) is 58.4 Å². The zero-order valence-corrected chi connectivity index (χ0v) is 12.5. The molecule has 0 saturated heterocycles. The average Bonchev–Trinajstić information content (AvgIpc) is 2.44. The van der Waals surface area contributed by atoms with Crippen molar-refractivity contribution in [1.29, 1.82) is 0 Å². The maximum absolute atomic E-state index is 10.6. The molecule has 3 heteroatoms. The van der Waals surface area contributed by atoms with Crippen LogP contribution in [0.3, 0.4) is 0 Å². The monoisotopic (exact) mass is 319 g/mol. The van der Waals surface area contributed by atoms with Gasteiger partial charge in [-0.25, -0.2) is 0 Å². The maximum atomic E-state index is 10.6. The summed E-state index contributed by atoms with van der Waals surface area (Å²) in [6, 6.07) is 15.8. The first-order valence-electron chi connectivity index (χ1n) is 6.32. The van der Waals surface area contributed by atoms with Crippen molar-refractivity contribution in [3.8, 4) is 0 Å². The van der Waals surface area contributed by atoms with E-state index in [1.807, 2.05) is 55.5 Å². The highest BCUT2D eigenvalue weighted by atomic mass is 79.9. The van der Waals surface area contributed by atoms with E-state index in [1.165, 1.54) is 0 Å². The largest absolute Gasteiger partial charge is 0.388 e. The van der Waals surface area contributed by atoms with Gasteiger partial charge in [0.2, 0.25) is 0 Å². The van der Waals surface area contributed by atoms with Gasteiger partial charge in [-0.2, -0.15) is 0 Å². The summed E-state index contributed by atoms with van der Waals surface area (Å²) in [6.45, 7) is 2.43. The molecule has 2 atom stereocenters. The van der Waals surface area contributed by atoms with Gasteiger partial charge < -0.3 is 10.8 Å². The third kappa shape index (κ3) is 3.24. The molecule has 3 N–H and O–H groups in total. The number of aliphatic hydroxyl groups excluding tert-OH is 1. The zero-order chi connectivity index (χ0) is 13.8. The Bertz CT molecular complexity index is 542. The second kappa shape index (κ2) is 6.33. The molecule has 0 aromatic heterocycles. The molecule has 2 aromatic rings. The second-order valence-electron chi connectivity index (χ2n) is 4.71. The molecule has 100 valence electrons. The lowest BCUT2D eigenvalue weighted by molar-refractivity contribution is 0.147. The van der Waals surface area contributed by atoms with Gasteiger partial charge in [0, 0.05) is 16.9 Å². The van der Waals surface area contributed by atoms with Crippen LogP contribution in [0.2, 0.25) is 0 Å². The summed E-state index contributed by atoms with van der Waals surface area (Å²) in [6.07, 6.45) is -0.584. The summed E-state index contributed by atoms with van der Waals surface area (Å²) in [5, 5.41) is 10.6. The number of benzene rings is 2. The SMILES string of the molecule is Cc1cc(C(O)C(CN)c2ccccc2)ccc1Br. The molecule has 2 aromatic carbocycles. The van der Waals surface area contributed by atoms with Crippen LogP contribution in [-0.4, -0.2) is 11.7 Å². The summed E-state index contributed by atoms with van der Waals surface area (Å²) in [5.74, 6) is -0.0817. The fourth-order valence-corrected chi connectivity index (χ4v) is 2.48. The number of aliphatic hydroxyl groups is 1. The van der Waals surface area contributed by atoms with Crippen LogP contribution in [0.25, 0.3) is 0 Å². The van der Waals surface area contributed by atoms with Crippen LogP contribution in [0.15, 0.2) is 53.0 Å². The first-order chi connectivity index (χ1) is 9.13. The molecule has 0 aliphatic carbocycles. The molecule has 2 rings (SSSR count). The van der Waals surface area contributed by atoms with E-state index in [9.17, 15) is 5.11 Å². The molecule has 2 unspecified atom stereocenters. The number of hydrogen-bond donors (Lipinski definition) is 2. The quantitative estimate of drug-likeness (QED) is 0.905. The Morgan fingerprint density at radius 3 is 2.37 bits per heavy atom. The average molecular weight is 320 g/mol. The molecular weight excluding hydrogens is 302 g/mol. The minimum Gasteiger partial charge on any atom is -0.388 e. The van der Waals surface area contributed by atoms with E-state index < -0.39 is 6.10 Å². The minimum absolute atomic E-state index is 0.0817. The predicted octanol–water partition coefficient (Wildman–Crippen LogP) is 3.53. The summed E-state index contributed by atoms with van der Waals surface area (Å²) in [7, 11) is 0.